The molecule has 0 bridgehead atoms. The Kier molecular flexibility index (Phi) is 5.79. The van der Waals surface area contributed by atoms with Crippen molar-refractivity contribution in [1.82, 2.24) is 0 Å². The number of nitrogens with one attached hydrogen (secondary N) is 2. The Balaban J connectivity index is 2.20. The second-order valence-electron chi connectivity index (χ2n) is 5.20. The van der Waals surface area contributed by atoms with Gasteiger partial charge in [-0.25, -0.2) is 0 Å². The van der Waals surface area contributed by atoms with Gasteiger partial charge in [0.2, 0.25) is 5.91 Å². The van der Waals surface area contributed by atoms with Gasteiger partial charge in [-0.15, -0.1) is 0 Å². The van der Waals surface area contributed by atoms with Crippen LogP contribution >= 0.6 is 0 Å². The highest BCUT2D eigenvalue weighted by molar-refractivity contribution is 6.10. The molecule has 0 radical (unpaired) electrons. The number of carbonyl (C=O) groups excluding carboxylic acids is 2. The number of para-hydroxylation sites is 1. The average molecular weight is 350 g/mol. The van der Waals surface area contributed by atoms with Crippen molar-refractivity contribution in [2.45, 2.75) is 6.92 Å². The smallest absolute Gasteiger partial charge is 0.276 e. The first kappa shape index (κ1) is 18.4. The predicted octanol–water partition coefficient (Wildman–Crippen LogP) is 3.10. The minimum atomic E-state index is -0.696. The van der Waals surface area contributed by atoms with E-state index in [1.807, 2.05) is 0 Å². The highest BCUT2D eigenvalue weighted by Crippen LogP contribution is 2.21. The highest BCUT2D eigenvalue weighted by atomic mass is 16.6. The van der Waals surface area contributed by atoms with E-state index in [1.165, 1.54) is 31.2 Å². The number of hydrogen-bond donors (Lipinski definition) is 2. The standard InChI is InChI=1S/C18H14N4O4/c1-12(23)20-15-6-8-16(9-7-15)21-18(24)14(11-19)10-13-4-2-3-5-17(13)22(25)26/h2-10H,1H3,(H,20,23)(H,21,24)/b14-10+. The minimum absolute atomic E-state index is 0.158. The molecule has 0 saturated carbocycles. The van der Waals surface area contributed by atoms with E-state index in [9.17, 15) is 25.0 Å². The molecular formula is C18H14N4O4. The summed E-state index contributed by atoms with van der Waals surface area (Å²) in [7, 11) is 0. The van der Waals surface area contributed by atoms with Crippen molar-refractivity contribution in [2.75, 3.05) is 10.6 Å². The van der Waals surface area contributed by atoms with Crippen molar-refractivity contribution in [2.24, 2.45) is 0 Å². The van der Waals surface area contributed by atoms with E-state index < -0.39 is 10.8 Å². The fraction of sp³-hybridized carbons (Fsp3) is 0.0556. The molecule has 26 heavy (non-hydrogen) atoms. The molecule has 2 aromatic rings. The molecular weight excluding hydrogens is 336 g/mol. The molecule has 0 heterocycles. The molecule has 0 unspecified atom stereocenters. The van der Waals surface area contributed by atoms with Gasteiger partial charge in [0.05, 0.1) is 10.5 Å². The number of anilines is 2. The number of nitro benzene ring substituents is 1. The number of nitriles is 1. The number of rotatable bonds is 5. The van der Waals surface area contributed by atoms with Crippen LogP contribution in [0.5, 0.6) is 0 Å². The second kappa shape index (κ2) is 8.21. The lowest BCUT2D eigenvalue weighted by Crippen LogP contribution is -2.13. The van der Waals surface area contributed by atoms with Crippen LogP contribution in [0.15, 0.2) is 54.1 Å². The number of hydrogen-bond acceptors (Lipinski definition) is 5. The van der Waals surface area contributed by atoms with E-state index in [2.05, 4.69) is 10.6 Å². The van der Waals surface area contributed by atoms with Crippen molar-refractivity contribution in [1.29, 1.82) is 5.26 Å². The molecule has 0 saturated heterocycles. The third kappa shape index (κ3) is 4.75. The minimum Gasteiger partial charge on any atom is -0.326 e. The lowest BCUT2D eigenvalue weighted by atomic mass is 10.1. The zero-order valence-electron chi connectivity index (χ0n) is 13.7. The maximum atomic E-state index is 12.3. The summed E-state index contributed by atoms with van der Waals surface area (Å²) in [5.74, 6) is -0.918. The van der Waals surface area contributed by atoms with Crippen molar-refractivity contribution in [3.05, 3.63) is 69.8 Å². The number of amides is 2. The third-order valence-electron chi connectivity index (χ3n) is 3.26. The summed E-state index contributed by atoms with van der Waals surface area (Å²) in [5, 5.41) is 25.4. The van der Waals surface area contributed by atoms with Gasteiger partial charge in [-0.3, -0.25) is 19.7 Å². The topological polar surface area (TPSA) is 125 Å². The van der Waals surface area contributed by atoms with E-state index >= 15 is 0 Å². The van der Waals surface area contributed by atoms with Crippen LogP contribution in [0.3, 0.4) is 0 Å². The molecule has 0 spiro atoms. The summed E-state index contributed by atoms with van der Waals surface area (Å²) in [6.45, 7) is 1.38. The van der Waals surface area contributed by atoms with Gasteiger partial charge in [0.1, 0.15) is 11.6 Å². The fourth-order valence-electron chi connectivity index (χ4n) is 2.12. The van der Waals surface area contributed by atoms with Gasteiger partial charge in [0.25, 0.3) is 11.6 Å². The molecule has 0 aliphatic heterocycles. The van der Waals surface area contributed by atoms with Crippen LogP contribution in [0.25, 0.3) is 6.08 Å². The molecule has 130 valence electrons. The molecule has 0 fully saturated rings. The quantitative estimate of drug-likeness (QED) is 0.371. The van der Waals surface area contributed by atoms with Gasteiger partial charge in [-0.2, -0.15) is 5.26 Å². The van der Waals surface area contributed by atoms with E-state index in [0.29, 0.717) is 11.4 Å². The van der Waals surface area contributed by atoms with E-state index in [-0.39, 0.29) is 22.7 Å². The SMILES string of the molecule is CC(=O)Nc1ccc(NC(=O)/C(C#N)=C/c2ccccc2[N+](=O)[O-])cc1. The molecule has 0 aromatic heterocycles. The summed E-state index contributed by atoms with van der Waals surface area (Å²) >= 11 is 0. The van der Waals surface area contributed by atoms with Crippen LogP contribution in [-0.4, -0.2) is 16.7 Å². The normalized spacial score (nSPS) is 10.5. The Morgan fingerprint density at radius 2 is 1.65 bits per heavy atom. The Morgan fingerprint density at radius 1 is 1.08 bits per heavy atom. The van der Waals surface area contributed by atoms with Crippen LogP contribution in [0.1, 0.15) is 12.5 Å². The van der Waals surface area contributed by atoms with Crippen molar-refractivity contribution in [3.8, 4) is 6.07 Å². The molecule has 0 atom stereocenters. The summed E-state index contributed by atoms with van der Waals surface area (Å²) in [6, 6.07) is 13.9. The highest BCUT2D eigenvalue weighted by Gasteiger charge is 2.15. The number of nitrogens with zero attached hydrogens (tertiary/aromatic N) is 2. The number of nitro groups is 1. The molecule has 2 amide bonds. The van der Waals surface area contributed by atoms with Gasteiger partial charge in [0.15, 0.2) is 0 Å². The van der Waals surface area contributed by atoms with Gasteiger partial charge < -0.3 is 10.6 Å². The Morgan fingerprint density at radius 3 is 2.19 bits per heavy atom. The first-order chi connectivity index (χ1) is 12.4. The first-order valence-corrected chi connectivity index (χ1v) is 7.45. The molecule has 2 rings (SSSR count). The lowest BCUT2D eigenvalue weighted by Gasteiger charge is -2.06. The van der Waals surface area contributed by atoms with Crippen LogP contribution < -0.4 is 10.6 Å². The van der Waals surface area contributed by atoms with E-state index in [4.69, 9.17) is 0 Å². The Hall–Kier alpha value is -3.99. The van der Waals surface area contributed by atoms with Gasteiger partial charge in [0, 0.05) is 24.4 Å². The average Bonchev–Trinajstić information content (AvgIpc) is 2.61. The van der Waals surface area contributed by atoms with Gasteiger partial charge >= 0.3 is 0 Å². The molecule has 2 aromatic carbocycles. The molecule has 0 aliphatic carbocycles. The molecule has 8 heteroatoms. The largest absolute Gasteiger partial charge is 0.326 e. The van der Waals surface area contributed by atoms with Gasteiger partial charge in [-0.05, 0) is 36.4 Å². The maximum Gasteiger partial charge on any atom is 0.276 e. The first-order valence-electron chi connectivity index (χ1n) is 7.45. The monoisotopic (exact) mass is 350 g/mol. The zero-order valence-corrected chi connectivity index (χ0v) is 13.7. The number of benzene rings is 2. The summed E-state index contributed by atoms with van der Waals surface area (Å²) < 4.78 is 0. The predicted molar refractivity (Wildman–Crippen MR) is 96.1 cm³/mol. The second-order valence-corrected chi connectivity index (χ2v) is 5.20. The Bertz CT molecular complexity index is 927. The van der Waals surface area contributed by atoms with E-state index in [1.54, 1.807) is 36.4 Å². The van der Waals surface area contributed by atoms with Crippen LogP contribution in [0.2, 0.25) is 0 Å². The third-order valence-corrected chi connectivity index (χ3v) is 3.26. The summed E-state index contributed by atoms with van der Waals surface area (Å²) in [5.41, 5.74) is 0.655. The number of carbonyl (C=O) groups is 2. The Labute approximate surface area is 148 Å². The van der Waals surface area contributed by atoms with Crippen molar-refractivity contribution < 1.29 is 14.5 Å². The maximum absolute atomic E-state index is 12.3. The van der Waals surface area contributed by atoms with Crippen molar-refractivity contribution >= 4 is 35.0 Å². The molecule has 2 N–H and O–H groups in total. The van der Waals surface area contributed by atoms with Crippen LogP contribution in [0.4, 0.5) is 17.1 Å². The summed E-state index contributed by atoms with van der Waals surface area (Å²) in [4.78, 5) is 33.7. The zero-order chi connectivity index (χ0) is 19.1. The van der Waals surface area contributed by atoms with Crippen molar-refractivity contribution in [3.63, 3.8) is 0 Å². The van der Waals surface area contributed by atoms with Crippen LogP contribution in [-0.2, 0) is 9.59 Å². The molecule has 0 aliphatic rings. The molecule has 8 nitrogen and oxygen atoms in total. The fourth-order valence-corrected chi connectivity index (χ4v) is 2.12. The van der Waals surface area contributed by atoms with E-state index in [0.717, 1.165) is 0 Å². The van der Waals surface area contributed by atoms with Crippen LogP contribution in [0, 0.1) is 21.4 Å². The lowest BCUT2D eigenvalue weighted by molar-refractivity contribution is -0.385. The summed E-state index contributed by atoms with van der Waals surface area (Å²) in [6.07, 6.45) is 1.17. The van der Waals surface area contributed by atoms with Gasteiger partial charge in [-0.1, -0.05) is 12.1 Å².